The van der Waals surface area contributed by atoms with Gasteiger partial charge in [0.2, 0.25) is 0 Å². The Bertz CT molecular complexity index is 792. The molecular weight excluding hydrogens is 364 g/mol. The van der Waals surface area contributed by atoms with Crippen LogP contribution in [0, 0.1) is 0 Å². The number of guanidine groups is 1. The van der Waals surface area contributed by atoms with Gasteiger partial charge in [-0.25, -0.2) is 9.98 Å². The van der Waals surface area contributed by atoms with Gasteiger partial charge in [-0.1, -0.05) is 19.9 Å². The van der Waals surface area contributed by atoms with Crippen LogP contribution in [0.1, 0.15) is 41.1 Å². The highest BCUT2D eigenvalue weighted by molar-refractivity contribution is 7.10. The Hall–Kier alpha value is -2.12. The fourth-order valence-electron chi connectivity index (χ4n) is 2.32. The lowest BCUT2D eigenvalue weighted by Gasteiger charge is -2.11. The molecule has 0 saturated heterocycles. The molecule has 138 valence electrons. The zero-order valence-corrected chi connectivity index (χ0v) is 16.7. The first-order valence-corrected chi connectivity index (χ1v) is 10.5. The monoisotopic (exact) mass is 388 g/mol. The van der Waals surface area contributed by atoms with E-state index in [0.29, 0.717) is 19.0 Å². The van der Waals surface area contributed by atoms with Crippen LogP contribution in [0.25, 0.3) is 0 Å². The lowest BCUT2D eigenvalue weighted by atomic mass is 10.2. The minimum Gasteiger partial charge on any atom is -0.469 e. The van der Waals surface area contributed by atoms with E-state index in [4.69, 9.17) is 9.41 Å². The first-order valence-electron chi connectivity index (χ1n) is 8.72. The predicted octanol–water partition coefficient (Wildman–Crippen LogP) is 4.40. The second-order valence-corrected chi connectivity index (χ2v) is 8.15. The van der Waals surface area contributed by atoms with Crippen molar-refractivity contribution in [1.29, 1.82) is 0 Å². The van der Waals surface area contributed by atoms with E-state index in [2.05, 4.69) is 52.4 Å². The SMILES string of the molecule is CC(C)c1csc(CNC(=NCc2cccs2)NCCc2ccco2)n1. The summed E-state index contributed by atoms with van der Waals surface area (Å²) in [6, 6.07) is 8.05. The van der Waals surface area contributed by atoms with Crippen molar-refractivity contribution in [3.05, 3.63) is 62.6 Å². The van der Waals surface area contributed by atoms with Gasteiger partial charge >= 0.3 is 0 Å². The normalized spacial score (nSPS) is 11.9. The van der Waals surface area contributed by atoms with Crippen LogP contribution in [0.3, 0.4) is 0 Å². The summed E-state index contributed by atoms with van der Waals surface area (Å²) in [6.45, 7) is 6.43. The molecule has 0 aliphatic carbocycles. The zero-order valence-electron chi connectivity index (χ0n) is 15.1. The molecule has 3 rings (SSSR count). The van der Waals surface area contributed by atoms with E-state index < -0.39 is 0 Å². The number of hydrogen-bond acceptors (Lipinski definition) is 5. The highest BCUT2D eigenvalue weighted by atomic mass is 32.1. The molecule has 2 N–H and O–H groups in total. The summed E-state index contributed by atoms with van der Waals surface area (Å²) in [5, 5.41) is 12.1. The van der Waals surface area contributed by atoms with Gasteiger partial charge in [-0.15, -0.1) is 22.7 Å². The van der Waals surface area contributed by atoms with Gasteiger partial charge in [0.15, 0.2) is 5.96 Å². The molecule has 0 radical (unpaired) electrons. The molecule has 3 heterocycles. The van der Waals surface area contributed by atoms with Crippen molar-refractivity contribution >= 4 is 28.6 Å². The Morgan fingerprint density at radius 1 is 1.23 bits per heavy atom. The maximum absolute atomic E-state index is 5.38. The van der Waals surface area contributed by atoms with Gasteiger partial charge in [-0.2, -0.15) is 0 Å². The van der Waals surface area contributed by atoms with E-state index in [1.54, 1.807) is 28.9 Å². The second kappa shape index (κ2) is 9.54. The Labute approximate surface area is 162 Å². The van der Waals surface area contributed by atoms with E-state index in [-0.39, 0.29) is 0 Å². The third kappa shape index (κ3) is 5.71. The molecule has 0 spiro atoms. The van der Waals surface area contributed by atoms with Gasteiger partial charge in [0.25, 0.3) is 0 Å². The van der Waals surface area contributed by atoms with Crippen molar-refractivity contribution < 1.29 is 4.42 Å². The van der Waals surface area contributed by atoms with Gasteiger partial charge in [-0.3, -0.25) is 0 Å². The van der Waals surface area contributed by atoms with Crippen LogP contribution in [0.2, 0.25) is 0 Å². The molecule has 26 heavy (non-hydrogen) atoms. The van der Waals surface area contributed by atoms with Crippen LogP contribution in [-0.2, 0) is 19.5 Å². The summed E-state index contributed by atoms with van der Waals surface area (Å²) in [4.78, 5) is 10.6. The first-order chi connectivity index (χ1) is 12.7. The number of thiophene rings is 1. The van der Waals surface area contributed by atoms with E-state index in [1.807, 2.05) is 12.1 Å². The Morgan fingerprint density at radius 2 is 2.15 bits per heavy atom. The molecule has 0 amide bonds. The van der Waals surface area contributed by atoms with E-state index >= 15 is 0 Å². The average Bonchev–Trinajstić information content (AvgIpc) is 3.39. The van der Waals surface area contributed by atoms with Crippen LogP contribution in [0.5, 0.6) is 0 Å². The molecule has 3 aromatic heterocycles. The molecule has 0 aliphatic rings. The largest absolute Gasteiger partial charge is 0.469 e. The zero-order chi connectivity index (χ0) is 18.2. The van der Waals surface area contributed by atoms with Crippen molar-refractivity contribution in [1.82, 2.24) is 15.6 Å². The molecule has 3 aromatic rings. The van der Waals surface area contributed by atoms with Crippen molar-refractivity contribution in [2.24, 2.45) is 4.99 Å². The predicted molar refractivity (Wildman–Crippen MR) is 109 cm³/mol. The number of thiazole rings is 1. The summed E-state index contributed by atoms with van der Waals surface area (Å²) < 4.78 is 5.38. The minimum atomic E-state index is 0.457. The molecule has 0 fully saturated rings. The van der Waals surface area contributed by atoms with E-state index in [9.17, 15) is 0 Å². The maximum atomic E-state index is 5.38. The Kier molecular flexibility index (Phi) is 6.85. The Morgan fingerprint density at radius 3 is 2.85 bits per heavy atom. The quantitative estimate of drug-likeness (QED) is 0.443. The highest BCUT2D eigenvalue weighted by Gasteiger charge is 2.07. The summed E-state index contributed by atoms with van der Waals surface area (Å²) in [5.74, 6) is 2.22. The molecule has 0 unspecified atom stereocenters. The fraction of sp³-hybridized carbons (Fsp3) is 0.368. The van der Waals surface area contributed by atoms with Crippen molar-refractivity contribution in [3.63, 3.8) is 0 Å². The summed E-state index contributed by atoms with van der Waals surface area (Å²) in [7, 11) is 0. The lowest BCUT2D eigenvalue weighted by molar-refractivity contribution is 0.506. The number of aromatic nitrogens is 1. The van der Waals surface area contributed by atoms with Crippen LogP contribution >= 0.6 is 22.7 Å². The number of furan rings is 1. The highest BCUT2D eigenvalue weighted by Crippen LogP contribution is 2.17. The number of nitrogens with one attached hydrogen (secondary N) is 2. The molecule has 0 aliphatic heterocycles. The third-order valence-electron chi connectivity index (χ3n) is 3.79. The lowest BCUT2D eigenvalue weighted by Crippen LogP contribution is -2.38. The molecule has 0 bridgehead atoms. The molecule has 0 saturated carbocycles. The van der Waals surface area contributed by atoms with Gasteiger partial charge < -0.3 is 15.1 Å². The molecule has 0 atom stereocenters. The van der Waals surface area contributed by atoms with Crippen LogP contribution in [-0.4, -0.2) is 17.5 Å². The molecule has 7 heteroatoms. The van der Waals surface area contributed by atoms with Crippen molar-refractivity contribution in [3.8, 4) is 0 Å². The summed E-state index contributed by atoms with van der Waals surface area (Å²) >= 11 is 3.41. The van der Waals surface area contributed by atoms with E-state index in [0.717, 1.165) is 35.4 Å². The third-order valence-corrected chi connectivity index (χ3v) is 5.51. The summed E-state index contributed by atoms with van der Waals surface area (Å²) in [6.07, 6.45) is 2.52. The smallest absolute Gasteiger partial charge is 0.191 e. The van der Waals surface area contributed by atoms with Crippen molar-refractivity contribution in [2.75, 3.05) is 6.54 Å². The van der Waals surface area contributed by atoms with Crippen LogP contribution < -0.4 is 10.6 Å². The second-order valence-electron chi connectivity index (χ2n) is 6.17. The van der Waals surface area contributed by atoms with Crippen LogP contribution in [0.15, 0.2) is 50.7 Å². The fourth-order valence-corrected chi connectivity index (χ4v) is 3.85. The van der Waals surface area contributed by atoms with Gasteiger partial charge in [-0.05, 0) is 29.5 Å². The first kappa shape index (κ1) is 18.7. The standard InChI is InChI=1S/C19H24N4OS2/c1-14(2)17-13-26-18(23-17)12-22-19(21-11-16-6-4-10-25-16)20-8-7-15-5-3-9-24-15/h3-6,9-10,13-14H,7-8,11-12H2,1-2H3,(H2,20,21,22). The van der Waals surface area contributed by atoms with Crippen molar-refractivity contribution in [2.45, 2.75) is 39.3 Å². The molecule has 5 nitrogen and oxygen atoms in total. The summed E-state index contributed by atoms with van der Waals surface area (Å²) in [5.41, 5.74) is 1.15. The number of nitrogens with zero attached hydrogens (tertiary/aromatic N) is 2. The van der Waals surface area contributed by atoms with Gasteiger partial charge in [0, 0.05) is 23.2 Å². The van der Waals surface area contributed by atoms with E-state index in [1.165, 1.54) is 4.88 Å². The molecular formula is C19H24N4OS2. The number of rotatable bonds is 8. The molecule has 0 aromatic carbocycles. The Balaban J connectivity index is 1.56. The minimum absolute atomic E-state index is 0.457. The number of aliphatic imine (C=N–C) groups is 1. The topological polar surface area (TPSA) is 62.5 Å². The van der Waals surface area contributed by atoms with Gasteiger partial charge in [0.05, 0.1) is 25.0 Å². The number of hydrogen-bond donors (Lipinski definition) is 2. The maximum Gasteiger partial charge on any atom is 0.191 e. The average molecular weight is 389 g/mol. The van der Waals surface area contributed by atoms with Crippen LogP contribution in [0.4, 0.5) is 0 Å². The van der Waals surface area contributed by atoms with Gasteiger partial charge in [0.1, 0.15) is 10.8 Å².